The minimum atomic E-state index is 0.365. The van der Waals surface area contributed by atoms with E-state index in [-0.39, 0.29) is 0 Å². The van der Waals surface area contributed by atoms with Gasteiger partial charge in [0.2, 0.25) is 0 Å². The van der Waals surface area contributed by atoms with Crippen molar-refractivity contribution in [3.8, 4) is 0 Å². The van der Waals surface area contributed by atoms with Gasteiger partial charge in [-0.15, -0.1) is 0 Å². The maximum atomic E-state index is 5.83. The van der Waals surface area contributed by atoms with E-state index in [9.17, 15) is 0 Å². The molecule has 0 aliphatic heterocycles. The van der Waals surface area contributed by atoms with Crippen molar-refractivity contribution >= 4 is 17.3 Å². The monoisotopic (exact) mass is 283 g/mol. The predicted octanol–water partition coefficient (Wildman–Crippen LogP) is 5.13. The van der Waals surface area contributed by atoms with Gasteiger partial charge >= 0.3 is 0 Å². The molecule has 0 saturated heterocycles. The molecule has 19 heavy (non-hydrogen) atoms. The number of ether oxygens (including phenoxy) is 1. The third kappa shape index (κ3) is 8.12. The van der Waals surface area contributed by atoms with Gasteiger partial charge in [0.05, 0.1) is 12.7 Å². The van der Waals surface area contributed by atoms with Crippen molar-refractivity contribution in [2.75, 3.05) is 18.5 Å². The van der Waals surface area contributed by atoms with Crippen LogP contribution in [0.2, 0.25) is 5.02 Å². The van der Waals surface area contributed by atoms with Crippen LogP contribution in [-0.2, 0) is 4.74 Å². The van der Waals surface area contributed by atoms with Gasteiger partial charge in [-0.25, -0.2) is 0 Å². The molecule has 2 nitrogen and oxygen atoms in total. The third-order valence-corrected chi connectivity index (χ3v) is 3.39. The van der Waals surface area contributed by atoms with Crippen molar-refractivity contribution < 1.29 is 4.74 Å². The molecule has 0 saturated carbocycles. The number of unbranched alkanes of at least 4 members (excludes halogenated alkanes) is 3. The van der Waals surface area contributed by atoms with E-state index in [4.69, 9.17) is 16.3 Å². The molecule has 108 valence electrons. The Kier molecular flexibility index (Phi) is 8.68. The summed E-state index contributed by atoms with van der Waals surface area (Å²) in [7, 11) is 0. The molecule has 1 rings (SSSR count). The van der Waals surface area contributed by atoms with E-state index >= 15 is 0 Å². The Labute approximate surface area is 122 Å². The van der Waals surface area contributed by atoms with Crippen molar-refractivity contribution in [3.63, 3.8) is 0 Å². The smallest absolute Gasteiger partial charge is 0.0642 e. The van der Waals surface area contributed by atoms with E-state index in [0.29, 0.717) is 6.10 Å². The highest BCUT2D eigenvalue weighted by atomic mass is 35.5. The summed E-state index contributed by atoms with van der Waals surface area (Å²) < 4.78 is 5.78. The van der Waals surface area contributed by atoms with E-state index in [2.05, 4.69) is 19.2 Å². The van der Waals surface area contributed by atoms with Crippen molar-refractivity contribution in [3.05, 3.63) is 29.3 Å². The quantitative estimate of drug-likeness (QED) is 0.601. The molecule has 0 aliphatic carbocycles. The van der Waals surface area contributed by atoms with Gasteiger partial charge in [-0.3, -0.25) is 0 Å². The molecule has 0 heterocycles. The first-order valence-electron chi connectivity index (χ1n) is 7.33. The summed E-state index contributed by atoms with van der Waals surface area (Å²) in [6.45, 7) is 5.98. The molecule has 1 aromatic carbocycles. The van der Waals surface area contributed by atoms with Crippen molar-refractivity contribution in [1.82, 2.24) is 0 Å². The largest absolute Gasteiger partial charge is 0.383 e. The molecular weight excluding hydrogens is 258 g/mol. The summed E-state index contributed by atoms with van der Waals surface area (Å²) in [5.74, 6) is 0. The molecule has 0 aliphatic rings. The summed E-state index contributed by atoms with van der Waals surface area (Å²) in [5, 5.41) is 4.09. The summed E-state index contributed by atoms with van der Waals surface area (Å²) in [4.78, 5) is 0. The molecule has 1 N–H and O–H groups in total. The van der Waals surface area contributed by atoms with Crippen molar-refractivity contribution in [1.29, 1.82) is 0 Å². The highest BCUT2D eigenvalue weighted by Crippen LogP contribution is 2.13. The second-order valence-corrected chi connectivity index (χ2v) is 5.40. The average molecular weight is 284 g/mol. The fraction of sp³-hybridized carbons (Fsp3) is 0.625. The lowest BCUT2D eigenvalue weighted by Gasteiger charge is -2.13. The molecular formula is C16H26ClNO. The molecule has 1 unspecified atom stereocenters. The molecule has 0 bridgehead atoms. The van der Waals surface area contributed by atoms with Gasteiger partial charge in [0.15, 0.2) is 0 Å². The summed E-state index contributed by atoms with van der Waals surface area (Å²) in [5.41, 5.74) is 1.09. The number of rotatable bonds is 10. The Morgan fingerprint density at radius 1 is 1.16 bits per heavy atom. The van der Waals surface area contributed by atoms with Crippen LogP contribution in [0, 0.1) is 0 Å². The van der Waals surface area contributed by atoms with Crippen LogP contribution in [0.25, 0.3) is 0 Å². The topological polar surface area (TPSA) is 21.3 Å². The first kappa shape index (κ1) is 16.3. The van der Waals surface area contributed by atoms with Crippen LogP contribution in [0.3, 0.4) is 0 Å². The highest BCUT2D eigenvalue weighted by molar-refractivity contribution is 6.30. The minimum Gasteiger partial charge on any atom is -0.383 e. The number of benzene rings is 1. The first-order chi connectivity index (χ1) is 9.22. The lowest BCUT2D eigenvalue weighted by molar-refractivity contribution is 0.0658. The maximum absolute atomic E-state index is 5.83. The molecule has 1 aromatic rings. The Morgan fingerprint density at radius 2 is 1.89 bits per heavy atom. The molecule has 3 heteroatoms. The Balaban J connectivity index is 2.02. The van der Waals surface area contributed by atoms with E-state index in [0.717, 1.165) is 23.9 Å². The first-order valence-corrected chi connectivity index (χ1v) is 7.71. The normalized spacial score (nSPS) is 12.4. The SMILES string of the molecule is CCCCCCC(C)OCCNc1ccc(Cl)cc1. The van der Waals surface area contributed by atoms with Crippen LogP contribution < -0.4 is 5.32 Å². The van der Waals surface area contributed by atoms with E-state index in [1.54, 1.807) is 0 Å². The van der Waals surface area contributed by atoms with E-state index in [1.165, 1.54) is 32.1 Å². The van der Waals surface area contributed by atoms with Gasteiger partial charge < -0.3 is 10.1 Å². The summed E-state index contributed by atoms with van der Waals surface area (Å²) in [6.07, 6.45) is 6.77. The van der Waals surface area contributed by atoms with E-state index in [1.807, 2.05) is 24.3 Å². The van der Waals surface area contributed by atoms with Crippen LogP contribution in [0.15, 0.2) is 24.3 Å². The van der Waals surface area contributed by atoms with Gasteiger partial charge in [0, 0.05) is 17.3 Å². The predicted molar refractivity (Wildman–Crippen MR) is 84.1 cm³/mol. The standard InChI is InChI=1S/C16H26ClNO/c1-3-4-5-6-7-14(2)19-13-12-18-16-10-8-15(17)9-11-16/h8-11,14,18H,3-7,12-13H2,1-2H3. The zero-order valence-corrected chi connectivity index (χ0v) is 12.9. The van der Waals surface area contributed by atoms with Gasteiger partial charge in [0.25, 0.3) is 0 Å². The number of anilines is 1. The number of hydrogen-bond acceptors (Lipinski definition) is 2. The van der Waals surface area contributed by atoms with Crippen LogP contribution in [0.1, 0.15) is 46.0 Å². The lowest BCUT2D eigenvalue weighted by atomic mass is 10.1. The lowest BCUT2D eigenvalue weighted by Crippen LogP contribution is -2.15. The Hall–Kier alpha value is -0.730. The van der Waals surface area contributed by atoms with Gasteiger partial charge in [0.1, 0.15) is 0 Å². The molecule has 0 radical (unpaired) electrons. The van der Waals surface area contributed by atoms with Crippen molar-refractivity contribution in [2.24, 2.45) is 0 Å². The Morgan fingerprint density at radius 3 is 2.58 bits per heavy atom. The van der Waals surface area contributed by atoms with Crippen LogP contribution >= 0.6 is 11.6 Å². The minimum absolute atomic E-state index is 0.365. The maximum Gasteiger partial charge on any atom is 0.0642 e. The highest BCUT2D eigenvalue weighted by Gasteiger charge is 2.01. The second kappa shape index (κ2) is 10.1. The molecule has 0 amide bonds. The second-order valence-electron chi connectivity index (χ2n) is 4.96. The van der Waals surface area contributed by atoms with E-state index < -0.39 is 0 Å². The number of hydrogen-bond donors (Lipinski definition) is 1. The fourth-order valence-electron chi connectivity index (χ4n) is 1.97. The zero-order valence-electron chi connectivity index (χ0n) is 12.1. The van der Waals surface area contributed by atoms with Gasteiger partial charge in [-0.2, -0.15) is 0 Å². The molecule has 1 atom stereocenters. The fourth-order valence-corrected chi connectivity index (χ4v) is 2.09. The Bertz CT molecular complexity index is 326. The average Bonchev–Trinajstić information content (AvgIpc) is 2.42. The number of halogens is 1. The van der Waals surface area contributed by atoms with Crippen LogP contribution in [0.4, 0.5) is 5.69 Å². The third-order valence-electron chi connectivity index (χ3n) is 3.14. The number of nitrogens with one attached hydrogen (secondary N) is 1. The summed E-state index contributed by atoms with van der Waals surface area (Å²) in [6, 6.07) is 7.75. The molecule has 0 fully saturated rings. The van der Waals surface area contributed by atoms with Crippen LogP contribution in [0.5, 0.6) is 0 Å². The molecule has 0 spiro atoms. The zero-order chi connectivity index (χ0) is 13.9. The van der Waals surface area contributed by atoms with Crippen molar-refractivity contribution in [2.45, 2.75) is 52.1 Å². The van der Waals surface area contributed by atoms with Gasteiger partial charge in [-0.1, -0.05) is 44.2 Å². The molecule has 0 aromatic heterocycles. The summed E-state index contributed by atoms with van der Waals surface area (Å²) >= 11 is 5.83. The van der Waals surface area contributed by atoms with Crippen LogP contribution in [-0.4, -0.2) is 19.3 Å². The van der Waals surface area contributed by atoms with Gasteiger partial charge in [-0.05, 0) is 37.6 Å².